The highest BCUT2D eigenvalue weighted by Gasteiger charge is 2.08. The van der Waals surface area contributed by atoms with Crippen molar-refractivity contribution in [2.24, 2.45) is 5.92 Å². The van der Waals surface area contributed by atoms with Crippen LogP contribution in [0.5, 0.6) is 0 Å². The molecule has 1 unspecified atom stereocenters. The van der Waals surface area contributed by atoms with Gasteiger partial charge >= 0.3 is 0 Å². The molecule has 100 valence electrons. The third-order valence-corrected chi connectivity index (χ3v) is 2.70. The van der Waals surface area contributed by atoms with E-state index in [2.05, 4.69) is 43.3 Å². The molecule has 1 amide bonds. The summed E-state index contributed by atoms with van der Waals surface area (Å²) in [6, 6.07) is 2.22. The minimum atomic E-state index is -0.0657. The van der Waals surface area contributed by atoms with Crippen LogP contribution >= 0.6 is 0 Å². The number of carbonyl (C=O) groups is 1. The van der Waals surface area contributed by atoms with E-state index in [1.165, 1.54) is 0 Å². The average molecular weight is 249 g/mol. The largest absolute Gasteiger partial charge is 0.381 e. The van der Waals surface area contributed by atoms with Crippen molar-refractivity contribution in [3.05, 3.63) is 24.0 Å². The van der Waals surface area contributed by atoms with Gasteiger partial charge in [-0.2, -0.15) is 0 Å². The van der Waals surface area contributed by atoms with E-state index >= 15 is 0 Å². The van der Waals surface area contributed by atoms with Gasteiger partial charge in [-0.3, -0.25) is 9.78 Å². The molecule has 0 aliphatic rings. The molecule has 1 heterocycles. The van der Waals surface area contributed by atoms with E-state index in [0.717, 1.165) is 12.1 Å². The number of rotatable bonds is 6. The molecule has 1 rings (SSSR count). The van der Waals surface area contributed by atoms with E-state index in [9.17, 15) is 4.79 Å². The van der Waals surface area contributed by atoms with E-state index in [4.69, 9.17) is 0 Å². The summed E-state index contributed by atoms with van der Waals surface area (Å²) in [5.74, 6) is 0.382. The van der Waals surface area contributed by atoms with Crippen molar-refractivity contribution in [2.75, 3.05) is 11.9 Å². The highest BCUT2D eigenvalue weighted by atomic mass is 16.1. The molecule has 0 aromatic carbocycles. The number of hydrogen-bond donors (Lipinski definition) is 2. The fourth-order valence-corrected chi connectivity index (χ4v) is 1.43. The van der Waals surface area contributed by atoms with Gasteiger partial charge in [-0.25, -0.2) is 0 Å². The van der Waals surface area contributed by atoms with E-state index < -0.39 is 0 Å². The lowest BCUT2D eigenvalue weighted by molar-refractivity contribution is 0.0948. The van der Waals surface area contributed by atoms with Crippen molar-refractivity contribution in [2.45, 2.75) is 40.2 Å². The zero-order chi connectivity index (χ0) is 13.5. The molecule has 1 aromatic heterocycles. The standard InChI is InChI=1S/C14H23N3O/c1-5-11(4)17-13-6-12(8-15-9-13)14(18)16-7-10(2)3/h6,8-11,17H,5,7H2,1-4H3,(H,16,18). The molecule has 4 nitrogen and oxygen atoms in total. The molecule has 0 saturated carbocycles. The summed E-state index contributed by atoms with van der Waals surface area (Å²) >= 11 is 0. The normalized spacial score (nSPS) is 12.3. The monoisotopic (exact) mass is 249 g/mol. The molecular weight excluding hydrogens is 226 g/mol. The number of nitrogens with one attached hydrogen (secondary N) is 2. The van der Waals surface area contributed by atoms with Gasteiger partial charge in [0.15, 0.2) is 0 Å². The number of carbonyl (C=O) groups excluding carboxylic acids is 1. The molecule has 0 bridgehead atoms. The smallest absolute Gasteiger partial charge is 0.252 e. The van der Waals surface area contributed by atoms with Gasteiger partial charge in [0, 0.05) is 25.0 Å². The summed E-state index contributed by atoms with van der Waals surface area (Å²) < 4.78 is 0. The maximum absolute atomic E-state index is 11.9. The summed E-state index contributed by atoms with van der Waals surface area (Å²) in [6.07, 6.45) is 4.37. The third kappa shape index (κ3) is 4.73. The van der Waals surface area contributed by atoms with Crippen LogP contribution in [0.3, 0.4) is 0 Å². The van der Waals surface area contributed by atoms with Crippen molar-refractivity contribution >= 4 is 11.6 Å². The second kappa shape index (κ2) is 6.99. The average Bonchev–Trinajstić information content (AvgIpc) is 2.36. The van der Waals surface area contributed by atoms with Crippen LogP contribution in [-0.4, -0.2) is 23.5 Å². The lowest BCUT2D eigenvalue weighted by Crippen LogP contribution is -2.27. The molecule has 0 aliphatic heterocycles. The van der Waals surface area contributed by atoms with Crippen molar-refractivity contribution in [1.82, 2.24) is 10.3 Å². The van der Waals surface area contributed by atoms with Gasteiger partial charge in [0.05, 0.1) is 11.3 Å². The summed E-state index contributed by atoms with van der Waals surface area (Å²) in [4.78, 5) is 16.0. The molecule has 4 heteroatoms. The van der Waals surface area contributed by atoms with Crippen LogP contribution < -0.4 is 10.6 Å². The van der Waals surface area contributed by atoms with Crippen LogP contribution in [0.1, 0.15) is 44.5 Å². The topological polar surface area (TPSA) is 54.0 Å². The van der Waals surface area contributed by atoms with Gasteiger partial charge in [-0.05, 0) is 25.3 Å². The molecule has 0 spiro atoms. The lowest BCUT2D eigenvalue weighted by Gasteiger charge is -2.13. The molecule has 0 saturated heterocycles. The first-order valence-electron chi connectivity index (χ1n) is 6.52. The van der Waals surface area contributed by atoms with Gasteiger partial charge in [0.2, 0.25) is 0 Å². The zero-order valence-electron chi connectivity index (χ0n) is 11.7. The number of hydrogen-bond acceptors (Lipinski definition) is 3. The highest BCUT2D eigenvalue weighted by molar-refractivity contribution is 5.94. The third-order valence-electron chi connectivity index (χ3n) is 2.70. The van der Waals surface area contributed by atoms with Crippen molar-refractivity contribution in [1.29, 1.82) is 0 Å². The van der Waals surface area contributed by atoms with Gasteiger partial charge in [-0.1, -0.05) is 20.8 Å². The molecule has 1 atom stereocenters. The first-order valence-corrected chi connectivity index (χ1v) is 6.52. The van der Waals surface area contributed by atoms with Crippen LogP contribution in [-0.2, 0) is 0 Å². The van der Waals surface area contributed by atoms with Crippen LogP contribution in [0.25, 0.3) is 0 Å². The Morgan fingerprint density at radius 1 is 1.33 bits per heavy atom. The molecule has 1 aromatic rings. The Kier molecular flexibility index (Phi) is 5.62. The minimum Gasteiger partial charge on any atom is -0.381 e. The quantitative estimate of drug-likeness (QED) is 0.815. The Bertz CT molecular complexity index is 390. The Balaban J connectivity index is 2.66. The predicted molar refractivity (Wildman–Crippen MR) is 74.8 cm³/mol. The van der Waals surface area contributed by atoms with Crippen LogP contribution in [0, 0.1) is 5.92 Å². The van der Waals surface area contributed by atoms with Gasteiger partial charge in [-0.15, -0.1) is 0 Å². The Hall–Kier alpha value is -1.58. The van der Waals surface area contributed by atoms with Crippen LogP contribution in [0.4, 0.5) is 5.69 Å². The SMILES string of the molecule is CCC(C)Nc1cncc(C(=O)NCC(C)C)c1. The fraction of sp³-hybridized carbons (Fsp3) is 0.571. The molecule has 0 fully saturated rings. The lowest BCUT2D eigenvalue weighted by atomic mass is 10.2. The maximum Gasteiger partial charge on any atom is 0.252 e. The van der Waals surface area contributed by atoms with Crippen LogP contribution in [0.2, 0.25) is 0 Å². The van der Waals surface area contributed by atoms with E-state index in [1.807, 2.05) is 6.07 Å². The maximum atomic E-state index is 11.9. The first-order chi connectivity index (χ1) is 8.52. The summed E-state index contributed by atoms with van der Waals surface area (Å²) in [7, 11) is 0. The number of anilines is 1. The summed E-state index contributed by atoms with van der Waals surface area (Å²) in [5, 5.41) is 6.20. The van der Waals surface area contributed by atoms with Gasteiger partial charge < -0.3 is 10.6 Å². The van der Waals surface area contributed by atoms with Crippen molar-refractivity contribution < 1.29 is 4.79 Å². The highest BCUT2D eigenvalue weighted by Crippen LogP contribution is 2.10. The summed E-state index contributed by atoms with van der Waals surface area (Å²) in [6.45, 7) is 9.04. The van der Waals surface area contributed by atoms with Gasteiger partial charge in [0.1, 0.15) is 0 Å². The Labute approximate surface area is 109 Å². The van der Waals surface area contributed by atoms with E-state index in [0.29, 0.717) is 24.1 Å². The summed E-state index contributed by atoms with van der Waals surface area (Å²) in [5.41, 5.74) is 1.49. The number of nitrogens with zero attached hydrogens (tertiary/aromatic N) is 1. The van der Waals surface area contributed by atoms with Crippen molar-refractivity contribution in [3.8, 4) is 0 Å². The second-order valence-electron chi connectivity index (χ2n) is 5.02. The molecular formula is C14H23N3O. The van der Waals surface area contributed by atoms with Crippen molar-refractivity contribution in [3.63, 3.8) is 0 Å². The number of amides is 1. The number of aromatic nitrogens is 1. The minimum absolute atomic E-state index is 0.0657. The van der Waals surface area contributed by atoms with Gasteiger partial charge in [0.25, 0.3) is 5.91 Å². The first kappa shape index (κ1) is 14.5. The molecule has 0 radical (unpaired) electrons. The molecule has 18 heavy (non-hydrogen) atoms. The van der Waals surface area contributed by atoms with E-state index in [-0.39, 0.29) is 5.91 Å². The molecule has 0 aliphatic carbocycles. The Morgan fingerprint density at radius 2 is 2.06 bits per heavy atom. The predicted octanol–water partition coefficient (Wildman–Crippen LogP) is 2.68. The molecule has 2 N–H and O–H groups in total. The fourth-order valence-electron chi connectivity index (χ4n) is 1.43. The second-order valence-corrected chi connectivity index (χ2v) is 5.02. The van der Waals surface area contributed by atoms with E-state index in [1.54, 1.807) is 12.4 Å². The zero-order valence-corrected chi connectivity index (χ0v) is 11.7. The number of pyridine rings is 1. The Morgan fingerprint density at radius 3 is 2.67 bits per heavy atom. The van der Waals surface area contributed by atoms with Crippen LogP contribution in [0.15, 0.2) is 18.5 Å².